The molecule has 96 valence electrons. The standard InChI is InChI=1S/C14H25N3/c1-11(2)13-5-4-8-17(13)12-6-7-14(9-12,10-15)16-3/h11-13,16H,4-9H2,1-3H3. The van der Waals surface area contributed by atoms with Crippen LogP contribution in [0.25, 0.3) is 0 Å². The number of nitrogens with one attached hydrogen (secondary N) is 1. The van der Waals surface area contributed by atoms with Crippen molar-refractivity contribution in [1.82, 2.24) is 10.2 Å². The lowest BCUT2D eigenvalue weighted by Crippen LogP contribution is -2.44. The summed E-state index contributed by atoms with van der Waals surface area (Å²) in [6.07, 6.45) is 5.86. The summed E-state index contributed by atoms with van der Waals surface area (Å²) >= 11 is 0. The molecule has 0 bridgehead atoms. The Morgan fingerprint density at radius 2 is 2.18 bits per heavy atom. The van der Waals surface area contributed by atoms with Gasteiger partial charge in [0.2, 0.25) is 0 Å². The molecule has 3 atom stereocenters. The van der Waals surface area contributed by atoms with E-state index in [2.05, 4.69) is 30.1 Å². The van der Waals surface area contributed by atoms with Crippen molar-refractivity contribution in [3.8, 4) is 6.07 Å². The lowest BCUT2D eigenvalue weighted by atomic mass is 9.98. The van der Waals surface area contributed by atoms with Gasteiger partial charge >= 0.3 is 0 Å². The summed E-state index contributed by atoms with van der Waals surface area (Å²) in [5.74, 6) is 0.740. The van der Waals surface area contributed by atoms with Crippen LogP contribution in [0.2, 0.25) is 0 Å². The van der Waals surface area contributed by atoms with Crippen LogP contribution >= 0.6 is 0 Å². The fourth-order valence-corrected chi connectivity index (χ4v) is 3.67. The highest BCUT2D eigenvalue weighted by Crippen LogP contribution is 2.37. The van der Waals surface area contributed by atoms with Crippen LogP contribution in [0.3, 0.4) is 0 Å². The Kier molecular flexibility index (Phi) is 3.75. The molecule has 0 aromatic heterocycles. The van der Waals surface area contributed by atoms with Crippen molar-refractivity contribution in [3.63, 3.8) is 0 Å². The second-order valence-corrected chi connectivity index (χ2v) is 6.03. The molecule has 2 aliphatic rings. The predicted molar refractivity (Wildman–Crippen MR) is 69.6 cm³/mol. The van der Waals surface area contributed by atoms with Gasteiger partial charge in [0.15, 0.2) is 0 Å². The fourth-order valence-electron chi connectivity index (χ4n) is 3.67. The Bertz CT molecular complexity index is 307. The number of nitrogens with zero attached hydrogens (tertiary/aromatic N) is 2. The van der Waals surface area contributed by atoms with Gasteiger partial charge < -0.3 is 5.32 Å². The average Bonchev–Trinajstić information content (AvgIpc) is 2.96. The lowest BCUT2D eigenvalue weighted by molar-refractivity contribution is 0.144. The van der Waals surface area contributed by atoms with Crippen LogP contribution in [0.1, 0.15) is 46.0 Å². The molecule has 0 spiro atoms. The van der Waals surface area contributed by atoms with Gasteiger partial charge in [-0.2, -0.15) is 5.26 Å². The molecule has 17 heavy (non-hydrogen) atoms. The van der Waals surface area contributed by atoms with Gasteiger partial charge in [0.1, 0.15) is 5.54 Å². The molecule has 0 radical (unpaired) electrons. The van der Waals surface area contributed by atoms with Crippen molar-refractivity contribution in [2.75, 3.05) is 13.6 Å². The van der Waals surface area contributed by atoms with E-state index in [1.165, 1.54) is 25.8 Å². The Hall–Kier alpha value is -0.590. The molecule has 2 rings (SSSR count). The van der Waals surface area contributed by atoms with Crippen molar-refractivity contribution in [3.05, 3.63) is 0 Å². The zero-order valence-electron chi connectivity index (χ0n) is 11.4. The molecular weight excluding hydrogens is 210 g/mol. The van der Waals surface area contributed by atoms with E-state index in [0.717, 1.165) is 24.8 Å². The fraction of sp³-hybridized carbons (Fsp3) is 0.929. The minimum absolute atomic E-state index is 0.255. The molecule has 3 unspecified atom stereocenters. The average molecular weight is 235 g/mol. The van der Waals surface area contributed by atoms with E-state index in [0.29, 0.717) is 6.04 Å². The van der Waals surface area contributed by atoms with Crippen molar-refractivity contribution < 1.29 is 0 Å². The van der Waals surface area contributed by atoms with Gasteiger partial charge in [0.25, 0.3) is 0 Å². The zero-order chi connectivity index (χ0) is 12.5. The predicted octanol–water partition coefficient (Wildman–Crippen LogP) is 2.14. The van der Waals surface area contributed by atoms with Crippen LogP contribution in [-0.2, 0) is 0 Å². The summed E-state index contributed by atoms with van der Waals surface area (Å²) in [5.41, 5.74) is -0.255. The van der Waals surface area contributed by atoms with Gasteiger partial charge in [-0.3, -0.25) is 4.90 Å². The second-order valence-electron chi connectivity index (χ2n) is 6.03. The molecule has 1 heterocycles. The summed E-state index contributed by atoms with van der Waals surface area (Å²) < 4.78 is 0. The van der Waals surface area contributed by atoms with Crippen molar-refractivity contribution >= 4 is 0 Å². The van der Waals surface area contributed by atoms with E-state index in [4.69, 9.17) is 0 Å². The van der Waals surface area contributed by atoms with Gasteiger partial charge in [-0.1, -0.05) is 13.8 Å². The minimum atomic E-state index is -0.255. The van der Waals surface area contributed by atoms with Gasteiger partial charge in [-0.05, 0) is 51.6 Å². The smallest absolute Gasteiger partial charge is 0.108 e. The molecule has 1 saturated carbocycles. The van der Waals surface area contributed by atoms with E-state index in [1.54, 1.807) is 0 Å². The molecular formula is C14H25N3. The highest BCUT2D eigenvalue weighted by atomic mass is 15.2. The third-order valence-electron chi connectivity index (χ3n) is 4.76. The number of likely N-dealkylation sites (tertiary alicyclic amines) is 1. The monoisotopic (exact) mass is 235 g/mol. The van der Waals surface area contributed by atoms with E-state index in [1.807, 2.05) is 7.05 Å². The molecule has 1 saturated heterocycles. The Labute approximate surface area is 105 Å². The molecule has 3 heteroatoms. The summed E-state index contributed by atoms with van der Waals surface area (Å²) in [4.78, 5) is 2.68. The van der Waals surface area contributed by atoms with Crippen molar-refractivity contribution in [2.45, 2.75) is 63.6 Å². The van der Waals surface area contributed by atoms with Gasteiger partial charge in [0, 0.05) is 12.1 Å². The number of rotatable bonds is 3. The Balaban J connectivity index is 2.03. The van der Waals surface area contributed by atoms with Crippen LogP contribution in [0.15, 0.2) is 0 Å². The molecule has 1 aliphatic heterocycles. The quantitative estimate of drug-likeness (QED) is 0.814. The SMILES string of the molecule is CNC1(C#N)CCC(N2CCCC2C(C)C)C1. The first kappa shape index (κ1) is 12.9. The van der Waals surface area contributed by atoms with Crippen LogP contribution in [0.5, 0.6) is 0 Å². The van der Waals surface area contributed by atoms with Crippen LogP contribution < -0.4 is 5.32 Å². The molecule has 1 N–H and O–H groups in total. The first-order chi connectivity index (χ1) is 8.12. The molecule has 2 fully saturated rings. The van der Waals surface area contributed by atoms with E-state index >= 15 is 0 Å². The lowest BCUT2D eigenvalue weighted by Gasteiger charge is -2.33. The molecule has 0 aromatic rings. The second kappa shape index (κ2) is 4.96. The molecule has 3 nitrogen and oxygen atoms in total. The maximum atomic E-state index is 9.32. The molecule has 0 amide bonds. The van der Waals surface area contributed by atoms with Crippen LogP contribution in [-0.4, -0.2) is 36.1 Å². The maximum Gasteiger partial charge on any atom is 0.108 e. The third kappa shape index (κ3) is 2.34. The van der Waals surface area contributed by atoms with Crippen LogP contribution in [0.4, 0.5) is 0 Å². The van der Waals surface area contributed by atoms with E-state index in [9.17, 15) is 5.26 Å². The van der Waals surface area contributed by atoms with Gasteiger partial charge in [0.05, 0.1) is 6.07 Å². The highest BCUT2D eigenvalue weighted by molar-refractivity contribution is 5.13. The number of nitriles is 1. The highest BCUT2D eigenvalue weighted by Gasteiger charge is 2.43. The van der Waals surface area contributed by atoms with Gasteiger partial charge in [-0.25, -0.2) is 0 Å². The zero-order valence-corrected chi connectivity index (χ0v) is 11.4. The summed E-state index contributed by atoms with van der Waals surface area (Å²) in [7, 11) is 1.93. The summed E-state index contributed by atoms with van der Waals surface area (Å²) in [5, 5.41) is 12.6. The normalized spacial score (nSPS) is 38.8. The largest absolute Gasteiger partial charge is 0.302 e. The first-order valence-electron chi connectivity index (χ1n) is 6.98. The molecule has 1 aliphatic carbocycles. The van der Waals surface area contributed by atoms with Crippen molar-refractivity contribution in [1.29, 1.82) is 5.26 Å². The van der Waals surface area contributed by atoms with Gasteiger partial charge in [-0.15, -0.1) is 0 Å². The number of hydrogen-bond acceptors (Lipinski definition) is 3. The third-order valence-corrected chi connectivity index (χ3v) is 4.76. The van der Waals surface area contributed by atoms with Crippen LogP contribution in [0, 0.1) is 17.2 Å². The summed E-state index contributed by atoms with van der Waals surface area (Å²) in [6, 6.07) is 3.85. The Morgan fingerprint density at radius 1 is 1.41 bits per heavy atom. The number of hydrogen-bond donors (Lipinski definition) is 1. The van der Waals surface area contributed by atoms with E-state index < -0.39 is 0 Å². The van der Waals surface area contributed by atoms with E-state index in [-0.39, 0.29) is 5.54 Å². The minimum Gasteiger partial charge on any atom is -0.302 e. The Morgan fingerprint density at radius 3 is 2.71 bits per heavy atom. The summed E-state index contributed by atoms with van der Waals surface area (Å²) in [6.45, 7) is 5.89. The first-order valence-corrected chi connectivity index (χ1v) is 6.98. The maximum absolute atomic E-state index is 9.32. The topological polar surface area (TPSA) is 39.1 Å². The van der Waals surface area contributed by atoms with Crippen molar-refractivity contribution in [2.24, 2.45) is 5.92 Å². The molecule has 0 aromatic carbocycles.